The van der Waals surface area contributed by atoms with E-state index in [0.29, 0.717) is 23.4 Å². The standard InChI is InChI=1S/C16H20N2O2/c1-2-16(7-3-4-8-16)10-18-14(19)12-6-5-11(17)9-13(12)15(18)20/h5-6,9H,2-4,7-8,10,17H2,1H3. The van der Waals surface area contributed by atoms with Gasteiger partial charge >= 0.3 is 0 Å². The van der Waals surface area contributed by atoms with Crippen molar-refractivity contribution in [3.05, 3.63) is 29.3 Å². The van der Waals surface area contributed by atoms with Crippen molar-refractivity contribution in [3.63, 3.8) is 0 Å². The van der Waals surface area contributed by atoms with Gasteiger partial charge in [0.15, 0.2) is 0 Å². The van der Waals surface area contributed by atoms with Gasteiger partial charge in [-0.3, -0.25) is 14.5 Å². The molecule has 0 aromatic heterocycles. The number of imide groups is 1. The number of anilines is 1. The number of rotatable bonds is 3. The molecule has 1 aliphatic carbocycles. The van der Waals surface area contributed by atoms with E-state index >= 15 is 0 Å². The largest absolute Gasteiger partial charge is 0.399 e. The lowest BCUT2D eigenvalue weighted by Gasteiger charge is -2.31. The monoisotopic (exact) mass is 272 g/mol. The molecule has 0 atom stereocenters. The quantitative estimate of drug-likeness (QED) is 0.679. The maximum absolute atomic E-state index is 12.5. The van der Waals surface area contributed by atoms with Crippen LogP contribution < -0.4 is 5.73 Å². The number of nitrogen functional groups attached to an aromatic ring is 1. The predicted molar refractivity (Wildman–Crippen MR) is 77.4 cm³/mol. The highest BCUT2D eigenvalue weighted by atomic mass is 16.2. The Kier molecular flexibility index (Phi) is 3.04. The van der Waals surface area contributed by atoms with E-state index in [0.717, 1.165) is 19.3 Å². The number of nitrogens with zero attached hydrogens (tertiary/aromatic N) is 1. The molecule has 2 N–H and O–H groups in total. The van der Waals surface area contributed by atoms with Gasteiger partial charge in [0, 0.05) is 12.2 Å². The van der Waals surface area contributed by atoms with Gasteiger partial charge in [0.05, 0.1) is 11.1 Å². The van der Waals surface area contributed by atoms with Crippen LogP contribution in [0, 0.1) is 5.41 Å². The fourth-order valence-electron chi connectivity index (χ4n) is 3.54. The zero-order valence-corrected chi connectivity index (χ0v) is 11.8. The van der Waals surface area contributed by atoms with Crippen LogP contribution in [0.1, 0.15) is 59.7 Å². The average Bonchev–Trinajstić information content (AvgIpc) is 3.00. The molecule has 4 nitrogen and oxygen atoms in total. The summed E-state index contributed by atoms with van der Waals surface area (Å²) >= 11 is 0. The van der Waals surface area contributed by atoms with E-state index in [4.69, 9.17) is 5.73 Å². The van der Waals surface area contributed by atoms with Crippen LogP contribution in [-0.2, 0) is 0 Å². The molecule has 0 radical (unpaired) electrons. The van der Waals surface area contributed by atoms with E-state index in [1.54, 1.807) is 18.2 Å². The minimum absolute atomic E-state index is 0.124. The van der Waals surface area contributed by atoms with Crippen molar-refractivity contribution in [2.45, 2.75) is 39.0 Å². The van der Waals surface area contributed by atoms with Gasteiger partial charge in [-0.2, -0.15) is 0 Å². The van der Waals surface area contributed by atoms with E-state index in [-0.39, 0.29) is 17.2 Å². The molecule has 0 unspecified atom stereocenters. The lowest BCUT2D eigenvalue weighted by molar-refractivity contribution is 0.0565. The third-order valence-corrected chi connectivity index (χ3v) is 4.90. The zero-order chi connectivity index (χ0) is 14.3. The maximum atomic E-state index is 12.5. The van der Waals surface area contributed by atoms with Crippen LogP contribution in [0.2, 0.25) is 0 Å². The summed E-state index contributed by atoms with van der Waals surface area (Å²) in [6.45, 7) is 2.71. The Morgan fingerprint density at radius 2 is 1.80 bits per heavy atom. The van der Waals surface area contributed by atoms with Gasteiger partial charge in [-0.1, -0.05) is 19.8 Å². The average molecular weight is 272 g/mol. The number of benzene rings is 1. The molecule has 1 aromatic rings. The Balaban J connectivity index is 1.90. The summed E-state index contributed by atoms with van der Waals surface area (Å²) in [5.41, 5.74) is 7.32. The first-order valence-corrected chi connectivity index (χ1v) is 7.32. The second kappa shape index (κ2) is 4.62. The van der Waals surface area contributed by atoms with Crippen molar-refractivity contribution in [2.75, 3.05) is 12.3 Å². The molecular formula is C16H20N2O2. The smallest absolute Gasteiger partial charge is 0.261 e. The Bertz CT molecular complexity index is 574. The van der Waals surface area contributed by atoms with Crippen molar-refractivity contribution in [2.24, 2.45) is 5.41 Å². The highest BCUT2D eigenvalue weighted by Gasteiger charge is 2.42. The molecule has 1 saturated carbocycles. The van der Waals surface area contributed by atoms with E-state index in [9.17, 15) is 9.59 Å². The Morgan fingerprint density at radius 1 is 1.15 bits per heavy atom. The molecular weight excluding hydrogens is 252 g/mol. The van der Waals surface area contributed by atoms with Crippen LogP contribution in [0.5, 0.6) is 0 Å². The second-order valence-electron chi connectivity index (χ2n) is 6.06. The summed E-state index contributed by atoms with van der Waals surface area (Å²) in [7, 11) is 0. The van der Waals surface area contributed by atoms with Crippen molar-refractivity contribution < 1.29 is 9.59 Å². The Morgan fingerprint density at radius 3 is 2.45 bits per heavy atom. The van der Waals surface area contributed by atoms with Gasteiger partial charge in [0.2, 0.25) is 0 Å². The van der Waals surface area contributed by atoms with Gasteiger partial charge in [-0.15, -0.1) is 0 Å². The molecule has 3 rings (SSSR count). The fourth-order valence-corrected chi connectivity index (χ4v) is 3.54. The molecule has 0 saturated heterocycles. The van der Waals surface area contributed by atoms with Crippen LogP contribution >= 0.6 is 0 Å². The van der Waals surface area contributed by atoms with Crippen LogP contribution in [0.25, 0.3) is 0 Å². The molecule has 0 bridgehead atoms. The van der Waals surface area contributed by atoms with E-state index in [1.165, 1.54) is 17.7 Å². The minimum atomic E-state index is -0.183. The van der Waals surface area contributed by atoms with Crippen molar-refractivity contribution in [1.82, 2.24) is 4.90 Å². The molecule has 2 amide bonds. The Hall–Kier alpha value is -1.84. The van der Waals surface area contributed by atoms with E-state index in [1.807, 2.05) is 0 Å². The normalized spacial score (nSPS) is 20.6. The Labute approximate surface area is 118 Å². The second-order valence-corrected chi connectivity index (χ2v) is 6.06. The molecule has 1 aliphatic heterocycles. The number of carbonyl (C=O) groups is 2. The molecule has 2 aliphatic rings. The van der Waals surface area contributed by atoms with Crippen molar-refractivity contribution >= 4 is 17.5 Å². The summed E-state index contributed by atoms with van der Waals surface area (Å²) in [4.78, 5) is 26.3. The van der Waals surface area contributed by atoms with Gasteiger partial charge in [-0.05, 0) is 42.9 Å². The zero-order valence-electron chi connectivity index (χ0n) is 11.8. The maximum Gasteiger partial charge on any atom is 0.261 e. The number of carbonyl (C=O) groups excluding carboxylic acids is 2. The fraction of sp³-hybridized carbons (Fsp3) is 0.500. The molecule has 4 heteroatoms. The highest BCUT2D eigenvalue weighted by molar-refractivity contribution is 6.21. The summed E-state index contributed by atoms with van der Waals surface area (Å²) in [6.07, 6.45) is 5.63. The molecule has 0 spiro atoms. The molecule has 1 aromatic carbocycles. The van der Waals surface area contributed by atoms with Gasteiger partial charge in [0.1, 0.15) is 0 Å². The van der Waals surface area contributed by atoms with Gasteiger partial charge < -0.3 is 5.73 Å². The summed E-state index contributed by atoms with van der Waals surface area (Å²) in [5, 5.41) is 0. The third-order valence-electron chi connectivity index (χ3n) is 4.90. The highest BCUT2D eigenvalue weighted by Crippen LogP contribution is 2.42. The van der Waals surface area contributed by atoms with Gasteiger partial charge in [0.25, 0.3) is 11.8 Å². The molecule has 106 valence electrons. The number of hydrogen-bond donors (Lipinski definition) is 1. The lowest BCUT2D eigenvalue weighted by atomic mass is 9.83. The van der Waals surface area contributed by atoms with Crippen LogP contribution in [0.4, 0.5) is 5.69 Å². The van der Waals surface area contributed by atoms with Crippen molar-refractivity contribution in [3.8, 4) is 0 Å². The SMILES string of the molecule is CCC1(CN2C(=O)c3ccc(N)cc3C2=O)CCCC1. The van der Waals surface area contributed by atoms with E-state index in [2.05, 4.69) is 6.92 Å². The first-order chi connectivity index (χ1) is 9.56. The topological polar surface area (TPSA) is 63.4 Å². The first-order valence-electron chi connectivity index (χ1n) is 7.32. The molecule has 20 heavy (non-hydrogen) atoms. The number of amides is 2. The lowest BCUT2D eigenvalue weighted by Crippen LogP contribution is -2.39. The van der Waals surface area contributed by atoms with Crippen LogP contribution in [0.15, 0.2) is 18.2 Å². The van der Waals surface area contributed by atoms with Crippen LogP contribution in [0.3, 0.4) is 0 Å². The molecule has 1 heterocycles. The number of nitrogens with two attached hydrogens (primary N) is 1. The van der Waals surface area contributed by atoms with Crippen LogP contribution in [-0.4, -0.2) is 23.3 Å². The number of fused-ring (bicyclic) bond motifs is 1. The number of hydrogen-bond acceptors (Lipinski definition) is 3. The van der Waals surface area contributed by atoms with Gasteiger partial charge in [-0.25, -0.2) is 0 Å². The summed E-state index contributed by atoms with van der Waals surface area (Å²) in [5.74, 6) is -0.346. The summed E-state index contributed by atoms with van der Waals surface area (Å²) < 4.78 is 0. The minimum Gasteiger partial charge on any atom is -0.399 e. The summed E-state index contributed by atoms with van der Waals surface area (Å²) in [6, 6.07) is 4.96. The third kappa shape index (κ3) is 1.90. The van der Waals surface area contributed by atoms with E-state index < -0.39 is 0 Å². The predicted octanol–water partition coefficient (Wildman–Crippen LogP) is 2.84. The first kappa shape index (κ1) is 13.2. The van der Waals surface area contributed by atoms with Crippen molar-refractivity contribution in [1.29, 1.82) is 0 Å². The molecule has 1 fully saturated rings.